The summed E-state index contributed by atoms with van der Waals surface area (Å²) in [6.45, 7) is 9.00. The fourth-order valence-corrected chi connectivity index (χ4v) is 5.52. The molecule has 7 heteroatoms. The number of hydrogen-bond donors (Lipinski definition) is 1. The minimum atomic E-state index is -3.55. The molecule has 0 bridgehead atoms. The zero-order valence-electron chi connectivity index (χ0n) is 18.5. The fraction of sp³-hybridized carbons (Fsp3) is 0.417. The minimum Gasteiger partial charge on any atom is -0.326 e. The van der Waals surface area contributed by atoms with Gasteiger partial charge in [-0.3, -0.25) is 9.79 Å². The number of carbonyl (C=O) groups is 1. The number of sulfonamides is 1. The lowest BCUT2D eigenvalue weighted by molar-refractivity contribution is -0.115. The molecule has 2 aromatic rings. The first-order valence-electron chi connectivity index (χ1n) is 10.6. The molecule has 1 fully saturated rings. The second kappa shape index (κ2) is 7.57. The Morgan fingerprint density at radius 3 is 2.10 bits per heavy atom. The SMILES string of the molecule is Cc1ccc(S(=O)(=O)N2CCC3(CC2)N=C(c2ccc(C(C)(C)C)cc2)C(=O)N3)cc1. The molecule has 2 aliphatic heterocycles. The van der Waals surface area contributed by atoms with Crippen LogP contribution >= 0.6 is 0 Å². The van der Waals surface area contributed by atoms with Gasteiger partial charge in [0.2, 0.25) is 10.0 Å². The van der Waals surface area contributed by atoms with Crippen molar-refractivity contribution < 1.29 is 13.2 Å². The summed E-state index contributed by atoms with van der Waals surface area (Å²) in [5.74, 6) is -0.196. The number of benzene rings is 2. The number of amides is 1. The van der Waals surface area contributed by atoms with E-state index in [4.69, 9.17) is 4.99 Å². The highest BCUT2D eigenvalue weighted by Gasteiger charge is 2.44. The lowest BCUT2D eigenvalue weighted by atomic mass is 9.86. The van der Waals surface area contributed by atoms with Gasteiger partial charge in [0.15, 0.2) is 0 Å². The third kappa shape index (κ3) is 4.16. The van der Waals surface area contributed by atoms with Gasteiger partial charge in [-0.2, -0.15) is 4.31 Å². The van der Waals surface area contributed by atoms with Crippen molar-refractivity contribution in [2.75, 3.05) is 13.1 Å². The summed E-state index contributed by atoms with van der Waals surface area (Å²) in [6.07, 6.45) is 0.904. The number of piperidine rings is 1. The highest BCUT2D eigenvalue weighted by atomic mass is 32.2. The molecule has 0 unspecified atom stereocenters. The summed E-state index contributed by atoms with van der Waals surface area (Å²) < 4.78 is 27.4. The predicted molar refractivity (Wildman–Crippen MR) is 122 cm³/mol. The van der Waals surface area contributed by atoms with Gasteiger partial charge in [0.1, 0.15) is 11.4 Å². The van der Waals surface area contributed by atoms with Crippen molar-refractivity contribution in [3.63, 3.8) is 0 Å². The molecule has 0 saturated carbocycles. The van der Waals surface area contributed by atoms with Crippen LogP contribution in [0.4, 0.5) is 0 Å². The summed E-state index contributed by atoms with van der Waals surface area (Å²) >= 11 is 0. The zero-order chi connectivity index (χ0) is 22.4. The van der Waals surface area contributed by atoms with E-state index < -0.39 is 15.7 Å². The molecule has 31 heavy (non-hydrogen) atoms. The molecule has 1 amide bonds. The molecule has 0 aliphatic carbocycles. The third-order valence-electron chi connectivity index (χ3n) is 6.12. The smallest absolute Gasteiger partial charge is 0.272 e. The van der Waals surface area contributed by atoms with Gasteiger partial charge in [-0.05, 0) is 30.0 Å². The van der Waals surface area contributed by atoms with Crippen LogP contribution in [0.25, 0.3) is 0 Å². The van der Waals surface area contributed by atoms with Gasteiger partial charge in [-0.15, -0.1) is 0 Å². The summed E-state index contributed by atoms with van der Waals surface area (Å²) in [7, 11) is -3.55. The number of nitrogens with zero attached hydrogens (tertiary/aromatic N) is 2. The van der Waals surface area contributed by atoms with Crippen molar-refractivity contribution >= 4 is 21.6 Å². The maximum absolute atomic E-state index is 13.0. The Labute approximate surface area is 184 Å². The Hall–Kier alpha value is -2.51. The monoisotopic (exact) mass is 439 g/mol. The average Bonchev–Trinajstić information content (AvgIpc) is 3.04. The Kier molecular flexibility index (Phi) is 5.30. The van der Waals surface area contributed by atoms with Crippen LogP contribution in [0.3, 0.4) is 0 Å². The highest BCUT2D eigenvalue weighted by Crippen LogP contribution is 2.32. The Morgan fingerprint density at radius 1 is 0.968 bits per heavy atom. The van der Waals surface area contributed by atoms with Crippen LogP contribution in [-0.2, 0) is 20.2 Å². The van der Waals surface area contributed by atoms with E-state index in [9.17, 15) is 13.2 Å². The number of aryl methyl sites for hydroxylation is 1. The second-order valence-electron chi connectivity index (χ2n) is 9.49. The molecule has 2 heterocycles. The van der Waals surface area contributed by atoms with Crippen LogP contribution in [0, 0.1) is 6.92 Å². The maximum Gasteiger partial charge on any atom is 0.272 e. The fourth-order valence-electron chi connectivity index (χ4n) is 4.08. The molecule has 2 aliphatic rings. The molecule has 1 spiro atoms. The van der Waals surface area contributed by atoms with E-state index in [1.54, 1.807) is 24.3 Å². The van der Waals surface area contributed by atoms with Gasteiger partial charge in [0.25, 0.3) is 5.91 Å². The van der Waals surface area contributed by atoms with Crippen molar-refractivity contribution in [1.29, 1.82) is 0 Å². The number of hydrogen-bond acceptors (Lipinski definition) is 4. The largest absolute Gasteiger partial charge is 0.326 e. The lowest BCUT2D eigenvalue weighted by Gasteiger charge is -2.36. The Morgan fingerprint density at radius 2 is 1.55 bits per heavy atom. The number of aliphatic imine (C=N–C) groups is 1. The first-order chi connectivity index (χ1) is 14.5. The van der Waals surface area contributed by atoms with Crippen LogP contribution < -0.4 is 5.32 Å². The first kappa shape index (κ1) is 21.7. The molecule has 164 valence electrons. The van der Waals surface area contributed by atoms with E-state index >= 15 is 0 Å². The van der Waals surface area contributed by atoms with E-state index in [2.05, 4.69) is 26.1 Å². The molecule has 6 nitrogen and oxygen atoms in total. The van der Waals surface area contributed by atoms with Crippen LogP contribution in [0.5, 0.6) is 0 Å². The van der Waals surface area contributed by atoms with Crippen molar-refractivity contribution in [3.05, 3.63) is 65.2 Å². The Balaban J connectivity index is 1.51. The van der Waals surface area contributed by atoms with Gasteiger partial charge < -0.3 is 5.32 Å². The van der Waals surface area contributed by atoms with E-state index in [0.29, 0.717) is 36.5 Å². The van der Waals surface area contributed by atoms with Crippen molar-refractivity contribution in [3.8, 4) is 0 Å². The molecule has 4 rings (SSSR count). The summed E-state index contributed by atoms with van der Waals surface area (Å²) in [5.41, 5.74) is 2.73. The van der Waals surface area contributed by atoms with Crippen LogP contribution in [0.1, 0.15) is 50.3 Å². The topological polar surface area (TPSA) is 78.8 Å². The van der Waals surface area contributed by atoms with Gasteiger partial charge in [0.05, 0.1) is 4.90 Å². The molecule has 1 N–H and O–H groups in total. The van der Waals surface area contributed by atoms with E-state index in [0.717, 1.165) is 11.1 Å². The third-order valence-corrected chi connectivity index (χ3v) is 8.03. The summed E-state index contributed by atoms with van der Waals surface area (Å²) in [6, 6.07) is 14.8. The van der Waals surface area contributed by atoms with Crippen LogP contribution in [0.15, 0.2) is 58.4 Å². The summed E-state index contributed by atoms with van der Waals surface area (Å²) in [4.78, 5) is 17.7. The lowest BCUT2D eigenvalue weighted by Crippen LogP contribution is -2.52. The van der Waals surface area contributed by atoms with Gasteiger partial charge in [0, 0.05) is 31.5 Å². The standard InChI is InChI=1S/C24H29N3O3S/c1-17-5-11-20(12-6-17)31(29,30)27-15-13-24(14-16-27)25-21(22(28)26-24)18-7-9-19(10-8-18)23(2,3)4/h5-12H,13-16H2,1-4H3,(H,26,28). The minimum absolute atomic E-state index is 0.0370. The van der Waals surface area contributed by atoms with E-state index in [1.165, 1.54) is 9.87 Å². The van der Waals surface area contributed by atoms with Crippen LogP contribution in [-0.4, -0.2) is 43.1 Å². The zero-order valence-corrected chi connectivity index (χ0v) is 19.3. The van der Waals surface area contributed by atoms with Crippen molar-refractivity contribution in [2.45, 2.75) is 56.5 Å². The number of nitrogens with one attached hydrogen (secondary N) is 1. The van der Waals surface area contributed by atoms with Crippen molar-refractivity contribution in [2.24, 2.45) is 4.99 Å². The molecule has 0 radical (unpaired) electrons. The van der Waals surface area contributed by atoms with Gasteiger partial charge in [-0.25, -0.2) is 8.42 Å². The molecule has 0 atom stereocenters. The average molecular weight is 440 g/mol. The molecule has 1 saturated heterocycles. The number of carbonyl (C=O) groups excluding carboxylic acids is 1. The maximum atomic E-state index is 13.0. The molecule has 0 aromatic heterocycles. The Bertz CT molecular complexity index is 1120. The highest BCUT2D eigenvalue weighted by molar-refractivity contribution is 7.89. The predicted octanol–water partition coefficient (Wildman–Crippen LogP) is 3.39. The van der Waals surface area contributed by atoms with E-state index in [-0.39, 0.29) is 11.3 Å². The first-order valence-corrected chi connectivity index (χ1v) is 12.0. The summed E-state index contributed by atoms with van der Waals surface area (Å²) in [5, 5.41) is 3.02. The van der Waals surface area contributed by atoms with Gasteiger partial charge in [-0.1, -0.05) is 62.7 Å². The molecular formula is C24H29N3O3S. The number of rotatable bonds is 3. The molecular weight excluding hydrogens is 410 g/mol. The van der Waals surface area contributed by atoms with Gasteiger partial charge >= 0.3 is 0 Å². The van der Waals surface area contributed by atoms with E-state index in [1.807, 2.05) is 31.2 Å². The normalized spacial score (nSPS) is 19.4. The quantitative estimate of drug-likeness (QED) is 0.796. The van der Waals surface area contributed by atoms with Crippen LogP contribution in [0.2, 0.25) is 0 Å². The second-order valence-corrected chi connectivity index (χ2v) is 11.4. The van der Waals surface area contributed by atoms with Crippen molar-refractivity contribution in [1.82, 2.24) is 9.62 Å². The molecule has 2 aromatic carbocycles.